The topological polar surface area (TPSA) is 0 Å². The van der Waals surface area contributed by atoms with Crippen LogP contribution in [-0.2, 0) is 0 Å². The predicted octanol–water partition coefficient (Wildman–Crippen LogP) is 12.1. The SMILES string of the molecule is Brc1cc(Br)cc(Br)c1.C#Cc1ccc(F)cc1.Fc1ccc(C#Cc2cc(C#Cc3ccc(F)cc3)cc(C#Cc3ccc(F)cc3)c2)cc1. The highest BCUT2D eigenvalue weighted by Gasteiger charge is 1.99. The lowest BCUT2D eigenvalue weighted by Crippen LogP contribution is -1.86. The van der Waals surface area contributed by atoms with Gasteiger partial charge in [-0.05, 0) is 133 Å². The van der Waals surface area contributed by atoms with E-state index in [1.807, 2.05) is 36.4 Å². The van der Waals surface area contributed by atoms with Crippen LogP contribution in [0.25, 0.3) is 0 Å². The average Bonchev–Trinajstić information content (AvgIpc) is 3.11. The molecule has 0 bridgehead atoms. The summed E-state index contributed by atoms with van der Waals surface area (Å²) in [5.74, 6) is 19.4. The van der Waals surface area contributed by atoms with Crippen LogP contribution < -0.4 is 0 Å². The molecule has 0 heterocycles. The van der Waals surface area contributed by atoms with E-state index in [1.165, 1.54) is 48.5 Å². The quantitative estimate of drug-likeness (QED) is 0.105. The van der Waals surface area contributed by atoms with Crippen molar-refractivity contribution in [3.63, 3.8) is 0 Å². The first-order valence-electron chi connectivity index (χ1n) is 14.9. The van der Waals surface area contributed by atoms with Crippen LogP contribution in [0.1, 0.15) is 38.9 Å². The van der Waals surface area contributed by atoms with Crippen LogP contribution in [0.2, 0.25) is 0 Å². The van der Waals surface area contributed by atoms with Gasteiger partial charge in [-0.3, -0.25) is 0 Å². The second kappa shape index (κ2) is 19.8. The smallest absolute Gasteiger partial charge is 0.123 e. The lowest BCUT2D eigenvalue weighted by Gasteiger charge is -1.98. The molecule has 0 radical (unpaired) electrons. The second-order valence-corrected chi connectivity index (χ2v) is 13.1. The highest BCUT2D eigenvalue weighted by Crippen LogP contribution is 2.23. The van der Waals surface area contributed by atoms with Gasteiger partial charge in [0.2, 0.25) is 0 Å². The number of rotatable bonds is 0. The molecule has 0 aromatic heterocycles. The Labute approximate surface area is 320 Å². The summed E-state index contributed by atoms with van der Waals surface area (Å²) >= 11 is 10.1. The van der Waals surface area contributed by atoms with Crippen molar-refractivity contribution in [3.8, 4) is 47.9 Å². The highest BCUT2D eigenvalue weighted by molar-refractivity contribution is 9.11. The normalized spacial score (nSPS) is 9.37. The van der Waals surface area contributed by atoms with Crippen molar-refractivity contribution in [3.05, 3.63) is 209 Å². The van der Waals surface area contributed by atoms with E-state index in [4.69, 9.17) is 6.42 Å². The van der Waals surface area contributed by atoms with Gasteiger partial charge in [0.1, 0.15) is 23.3 Å². The maximum atomic E-state index is 13.1. The maximum Gasteiger partial charge on any atom is 0.123 e. The molecule has 0 aliphatic rings. The van der Waals surface area contributed by atoms with E-state index in [0.29, 0.717) is 38.9 Å². The molecule has 0 unspecified atom stereocenters. The second-order valence-electron chi connectivity index (χ2n) is 10.3. The van der Waals surface area contributed by atoms with Gasteiger partial charge in [0, 0.05) is 52.4 Å². The number of terminal acetylenes is 1. The van der Waals surface area contributed by atoms with E-state index in [9.17, 15) is 17.6 Å². The van der Waals surface area contributed by atoms with Crippen LogP contribution in [0, 0.1) is 71.1 Å². The van der Waals surface area contributed by atoms with Crippen LogP contribution >= 0.6 is 47.8 Å². The number of halogens is 7. The summed E-state index contributed by atoms with van der Waals surface area (Å²) in [5, 5.41) is 0. The summed E-state index contributed by atoms with van der Waals surface area (Å²) in [4.78, 5) is 0. The lowest BCUT2D eigenvalue weighted by molar-refractivity contribution is 0.627. The van der Waals surface area contributed by atoms with Crippen molar-refractivity contribution in [2.45, 2.75) is 0 Å². The number of hydrogen-bond acceptors (Lipinski definition) is 0. The molecular formula is C44H23Br3F4. The fourth-order valence-corrected chi connectivity index (χ4v) is 6.34. The standard InChI is InChI=1S/C30H15F3.C8H5F.C6H3Br3/c31-28-13-7-22(8-14-28)1-4-25-19-26(5-2-23-9-15-29(32)16-10-23)21-27(20-25)6-3-24-11-17-30(33)18-12-24;1-2-7-3-5-8(9)6-4-7;7-4-1-5(8)3-6(9)2-4/h7-21H;1,3-6H;1-3H. The van der Waals surface area contributed by atoms with E-state index in [-0.39, 0.29) is 23.3 Å². The summed E-state index contributed by atoms with van der Waals surface area (Å²) in [6, 6.07) is 35.0. The molecule has 0 atom stereocenters. The first-order valence-corrected chi connectivity index (χ1v) is 17.2. The molecule has 7 heteroatoms. The molecule has 0 aliphatic heterocycles. The summed E-state index contributed by atoms with van der Waals surface area (Å²) < 4.78 is 54.8. The van der Waals surface area contributed by atoms with Gasteiger partial charge in [-0.15, -0.1) is 6.42 Å². The molecule has 6 aromatic carbocycles. The van der Waals surface area contributed by atoms with Crippen LogP contribution in [0.4, 0.5) is 17.6 Å². The molecule has 6 rings (SSSR count). The molecule has 0 fully saturated rings. The molecule has 0 nitrogen and oxygen atoms in total. The van der Waals surface area contributed by atoms with Gasteiger partial charge in [0.15, 0.2) is 0 Å². The first kappa shape index (κ1) is 38.5. The first-order chi connectivity index (χ1) is 24.5. The van der Waals surface area contributed by atoms with Crippen LogP contribution in [0.5, 0.6) is 0 Å². The van der Waals surface area contributed by atoms with Gasteiger partial charge in [-0.2, -0.15) is 0 Å². The Kier molecular flexibility index (Phi) is 14.9. The zero-order chi connectivity index (χ0) is 36.6. The minimum Gasteiger partial charge on any atom is -0.207 e. The van der Waals surface area contributed by atoms with Crippen molar-refractivity contribution in [1.82, 2.24) is 0 Å². The van der Waals surface area contributed by atoms with Gasteiger partial charge < -0.3 is 0 Å². The number of hydrogen-bond donors (Lipinski definition) is 0. The molecule has 0 saturated heterocycles. The van der Waals surface area contributed by atoms with Crippen LogP contribution in [0.3, 0.4) is 0 Å². The van der Waals surface area contributed by atoms with E-state index in [0.717, 1.165) is 13.4 Å². The molecule has 51 heavy (non-hydrogen) atoms. The molecule has 0 saturated carbocycles. The summed E-state index contributed by atoms with van der Waals surface area (Å²) in [5.41, 5.74) is 4.81. The Bertz CT molecular complexity index is 2080. The molecular weight excluding hydrogens is 844 g/mol. The lowest BCUT2D eigenvalue weighted by atomic mass is 10.0. The van der Waals surface area contributed by atoms with Gasteiger partial charge in [-0.25, -0.2) is 17.6 Å². The maximum absolute atomic E-state index is 13.1. The summed E-state index contributed by atoms with van der Waals surface area (Å²) in [7, 11) is 0. The van der Waals surface area contributed by atoms with Gasteiger partial charge in [0.25, 0.3) is 0 Å². The van der Waals surface area contributed by atoms with Crippen molar-refractivity contribution in [2.24, 2.45) is 0 Å². The Balaban J connectivity index is 0.000000262. The van der Waals surface area contributed by atoms with Crippen molar-refractivity contribution < 1.29 is 17.6 Å². The minimum absolute atomic E-state index is 0.256. The third-order valence-electron chi connectivity index (χ3n) is 6.36. The van der Waals surface area contributed by atoms with E-state index in [2.05, 4.69) is 89.2 Å². The fourth-order valence-electron chi connectivity index (χ4n) is 3.94. The van der Waals surface area contributed by atoms with E-state index in [1.54, 1.807) is 48.5 Å². The highest BCUT2D eigenvalue weighted by atomic mass is 79.9. The largest absolute Gasteiger partial charge is 0.207 e. The van der Waals surface area contributed by atoms with Crippen molar-refractivity contribution in [2.75, 3.05) is 0 Å². The van der Waals surface area contributed by atoms with Gasteiger partial charge in [0.05, 0.1) is 0 Å². The zero-order valence-electron chi connectivity index (χ0n) is 26.4. The average molecular weight is 867 g/mol. The van der Waals surface area contributed by atoms with Crippen molar-refractivity contribution in [1.29, 1.82) is 0 Å². The van der Waals surface area contributed by atoms with Crippen molar-refractivity contribution >= 4 is 47.8 Å². The van der Waals surface area contributed by atoms with E-state index < -0.39 is 0 Å². The van der Waals surface area contributed by atoms with E-state index >= 15 is 0 Å². The summed E-state index contributed by atoms with van der Waals surface area (Å²) in [6.45, 7) is 0. The fraction of sp³-hybridized carbons (Fsp3) is 0. The van der Waals surface area contributed by atoms with Crippen LogP contribution in [0.15, 0.2) is 147 Å². The van der Waals surface area contributed by atoms with Crippen LogP contribution in [-0.4, -0.2) is 0 Å². The third kappa shape index (κ3) is 14.2. The predicted molar refractivity (Wildman–Crippen MR) is 207 cm³/mol. The Morgan fingerprint density at radius 3 is 0.765 bits per heavy atom. The molecule has 0 aliphatic carbocycles. The molecule has 6 aromatic rings. The molecule has 0 amide bonds. The molecule has 248 valence electrons. The summed E-state index contributed by atoms with van der Waals surface area (Å²) in [6.07, 6.45) is 5.03. The molecule has 0 spiro atoms. The Morgan fingerprint density at radius 1 is 0.314 bits per heavy atom. The van der Waals surface area contributed by atoms with Gasteiger partial charge in [-0.1, -0.05) is 89.2 Å². The zero-order valence-corrected chi connectivity index (χ0v) is 31.2. The Hall–Kier alpha value is -5.28. The molecule has 0 N–H and O–H groups in total. The third-order valence-corrected chi connectivity index (χ3v) is 7.73. The Morgan fingerprint density at radius 2 is 0.529 bits per heavy atom. The monoisotopic (exact) mass is 864 g/mol. The van der Waals surface area contributed by atoms with Gasteiger partial charge >= 0.3 is 0 Å². The minimum atomic E-state index is -0.322. The number of benzene rings is 6.